The Morgan fingerprint density at radius 2 is 1.95 bits per heavy atom. The van der Waals surface area contributed by atoms with Gasteiger partial charge < -0.3 is 15.8 Å². The minimum atomic E-state index is -0.720. The van der Waals surface area contributed by atoms with Crippen LogP contribution >= 0.6 is 12.2 Å². The number of hydrogen-bond acceptors (Lipinski definition) is 3. The quantitative estimate of drug-likeness (QED) is 0.709. The molecule has 0 aromatic carbocycles. The van der Waals surface area contributed by atoms with E-state index in [1.807, 2.05) is 20.8 Å². The van der Waals surface area contributed by atoms with Crippen LogP contribution in [0.4, 0.5) is 0 Å². The van der Waals surface area contributed by atoms with Crippen LogP contribution < -0.4 is 11.1 Å². The van der Waals surface area contributed by atoms with Crippen molar-refractivity contribution < 1.29 is 9.53 Å². The van der Waals surface area contributed by atoms with Gasteiger partial charge in [-0.25, -0.2) is 0 Å². The third-order valence-corrected chi connectivity index (χ3v) is 5.36. The highest BCUT2D eigenvalue weighted by Crippen LogP contribution is 2.43. The molecule has 0 saturated heterocycles. The van der Waals surface area contributed by atoms with Gasteiger partial charge in [0.15, 0.2) is 0 Å². The standard InChI is InChI=1S/C15H28N2O2S/c1-6-15(7-2,12(16)20)13(18)17-10-9-11(19-8-3)14(10,4)5/h10-11H,6-9H2,1-5H3,(H2,16,20)(H,17,18). The number of hydrogen-bond donors (Lipinski definition) is 2. The van der Waals surface area contributed by atoms with Gasteiger partial charge in [-0.1, -0.05) is 39.9 Å². The molecule has 3 N–H and O–H groups in total. The van der Waals surface area contributed by atoms with E-state index in [0.717, 1.165) is 6.42 Å². The summed E-state index contributed by atoms with van der Waals surface area (Å²) in [5.41, 5.74) is 5.05. The second kappa shape index (κ2) is 6.39. The zero-order chi connectivity index (χ0) is 15.6. The molecule has 0 aromatic heterocycles. The summed E-state index contributed by atoms with van der Waals surface area (Å²) >= 11 is 5.13. The lowest BCUT2D eigenvalue weighted by molar-refractivity contribution is -0.142. The third-order valence-electron chi connectivity index (χ3n) is 4.96. The molecule has 1 saturated carbocycles. The summed E-state index contributed by atoms with van der Waals surface area (Å²) in [7, 11) is 0. The molecule has 1 rings (SSSR count). The van der Waals surface area contributed by atoms with E-state index in [2.05, 4.69) is 19.2 Å². The average molecular weight is 300 g/mol. The lowest BCUT2D eigenvalue weighted by atomic mass is 9.64. The van der Waals surface area contributed by atoms with Crippen molar-refractivity contribution in [2.24, 2.45) is 16.6 Å². The van der Waals surface area contributed by atoms with Gasteiger partial charge in [-0.2, -0.15) is 0 Å². The van der Waals surface area contributed by atoms with Gasteiger partial charge in [0.05, 0.1) is 16.5 Å². The second-order valence-electron chi connectivity index (χ2n) is 6.18. The second-order valence-corrected chi connectivity index (χ2v) is 6.62. The Morgan fingerprint density at radius 3 is 2.30 bits per heavy atom. The minimum Gasteiger partial charge on any atom is -0.392 e. The number of amides is 1. The summed E-state index contributed by atoms with van der Waals surface area (Å²) in [6, 6.07) is 0.123. The largest absolute Gasteiger partial charge is 0.392 e. The number of carbonyl (C=O) groups is 1. The van der Waals surface area contributed by atoms with Gasteiger partial charge in [0.25, 0.3) is 0 Å². The molecule has 1 aliphatic rings. The molecule has 0 bridgehead atoms. The third kappa shape index (κ3) is 2.84. The van der Waals surface area contributed by atoms with Crippen molar-refractivity contribution in [1.29, 1.82) is 0 Å². The SMILES string of the molecule is CCOC1CC(NC(=O)C(CC)(CC)C(N)=S)C1(C)C. The fraction of sp³-hybridized carbons (Fsp3) is 0.867. The number of thiocarbonyl (C=S) groups is 1. The molecule has 5 heteroatoms. The lowest BCUT2D eigenvalue weighted by Crippen LogP contribution is -2.64. The molecule has 0 radical (unpaired) electrons. The predicted octanol–water partition coefficient (Wildman–Crippen LogP) is 2.40. The van der Waals surface area contributed by atoms with Crippen LogP contribution in [0.25, 0.3) is 0 Å². The Hall–Kier alpha value is -0.680. The maximum atomic E-state index is 12.6. The molecule has 1 aliphatic carbocycles. The predicted molar refractivity (Wildman–Crippen MR) is 85.5 cm³/mol. The van der Waals surface area contributed by atoms with Crippen LogP contribution in [0.5, 0.6) is 0 Å². The fourth-order valence-electron chi connectivity index (χ4n) is 2.94. The minimum absolute atomic E-state index is 0.0389. The maximum Gasteiger partial charge on any atom is 0.233 e. The molecule has 2 atom stereocenters. The molecule has 1 fully saturated rings. The van der Waals surface area contributed by atoms with Crippen LogP contribution in [0.1, 0.15) is 53.9 Å². The molecular weight excluding hydrogens is 272 g/mol. The van der Waals surface area contributed by atoms with Crippen molar-refractivity contribution in [3.8, 4) is 0 Å². The molecule has 4 nitrogen and oxygen atoms in total. The summed E-state index contributed by atoms with van der Waals surface area (Å²) in [6.07, 6.45) is 2.33. The highest BCUT2D eigenvalue weighted by molar-refractivity contribution is 7.80. The van der Waals surface area contributed by atoms with Crippen molar-refractivity contribution in [1.82, 2.24) is 5.32 Å². The molecule has 0 aromatic rings. The smallest absolute Gasteiger partial charge is 0.233 e. The Bertz CT molecular complexity index is 378. The van der Waals surface area contributed by atoms with Gasteiger partial charge in [0.2, 0.25) is 5.91 Å². The first-order chi connectivity index (χ1) is 9.26. The topological polar surface area (TPSA) is 64.3 Å². The van der Waals surface area contributed by atoms with Gasteiger partial charge in [-0.15, -0.1) is 0 Å². The average Bonchev–Trinajstić information content (AvgIpc) is 2.39. The van der Waals surface area contributed by atoms with Crippen LogP contribution in [-0.4, -0.2) is 29.6 Å². The van der Waals surface area contributed by atoms with E-state index >= 15 is 0 Å². The molecule has 2 unspecified atom stereocenters. The molecule has 0 heterocycles. The first kappa shape index (κ1) is 17.4. The molecular formula is C15H28N2O2S. The van der Waals surface area contributed by atoms with Crippen LogP contribution in [-0.2, 0) is 9.53 Å². The molecule has 20 heavy (non-hydrogen) atoms. The van der Waals surface area contributed by atoms with E-state index in [0.29, 0.717) is 24.4 Å². The number of rotatable bonds is 7. The number of nitrogens with one attached hydrogen (secondary N) is 1. The number of ether oxygens (including phenoxy) is 1. The van der Waals surface area contributed by atoms with Gasteiger partial charge in [-0.05, 0) is 26.2 Å². The highest BCUT2D eigenvalue weighted by Gasteiger charge is 2.51. The van der Waals surface area contributed by atoms with E-state index in [1.165, 1.54) is 0 Å². The number of nitrogens with two attached hydrogens (primary N) is 1. The monoisotopic (exact) mass is 300 g/mol. The first-order valence-corrected chi connectivity index (χ1v) is 7.89. The van der Waals surface area contributed by atoms with E-state index < -0.39 is 5.41 Å². The van der Waals surface area contributed by atoms with E-state index in [4.69, 9.17) is 22.7 Å². The normalized spacial score (nSPS) is 24.9. The van der Waals surface area contributed by atoms with Crippen LogP contribution in [0.3, 0.4) is 0 Å². The summed E-state index contributed by atoms with van der Waals surface area (Å²) in [6.45, 7) is 10.9. The first-order valence-electron chi connectivity index (χ1n) is 7.48. The molecule has 0 aliphatic heterocycles. The van der Waals surface area contributed by atoms with Crippen LogP contribution in [0.2, 0.25) is 0 Å². The van der Waals surface area contributed by atoms with Gasteiger partial charge in [-0.3, -0.25) is 4.79 Å². The van der Waals surface area contributed by atoms with Gasteiger partial charge >= 0.3 is 0 Å². The van der Waals surface area contributed by atoms with E-state index in [1.54, 1.807) is 0 Å². The maximum absolute atomic E-state index is 12.6. The van der Waals surface area contributed by atoms with Gasteiger partial charge in [0, 0.05) is 18.1 Å². The van der Waals surface area contributed by atoms with Crippen LogP contribution in [0, 0.1) is 10.8 Å². The van der Waals surface area contributed by atoms with Crippen LogP contribution in [0.15, 0.2) is 0 Å². The molecule has 1 amide bonds. The highest BCUT2D eigenvalue weighted by atomic mass is 32.1. The molecule has 116 valence electrons. The summed E-state index contributed by atoms with van der Waals surface area (Å²) in [4.78, 5) is 12.9. The summed E-state index contributed by atoms with van der Waals surface area (Å²) < 4.78 is 5.69. The Labute approximate surface area is 127 Å². The van der Waals surface area contributed by atoms with Crippen molar-refractivity contribution in [2.45, 2.75) is 66.0 Å². The van der Waals surface area contributed by atoms with Crippen molar-refractivity contribution in [3.05, 3.63) is 0 Å². The van der Waals surface area contributed by atoms with Crippen molar-refractivity contribution in [3.63, 3.8) is 0 Å². The zero-order valence-electron chi connectivity index (χ0n) is 13.3. The van der Waals surface area contributed by atoms with Crippen molar-refractivity contribution in [2.75, 3.05) is 6.61 Å². The lowest BCUT2D eigenvalue weighted by Gasteiger charge is -2.52. The Balaban J connectivity index is 2.75. The Kier molecular flexibility index (Phi) is 5.55. The number of carbonyl (C=O) groups excluding carboxylic acids is 1. The molecule has 0 spiro atoms. The van der Waals surface area contributed by atoms with E-state index in [9.17, 15) is 4.79 Å². The zero-order valence-corrected chi connectivity index (χ0v) is 14.1. The summed E-state index contributed by atoms with van der Waals surface area (Å²) in [5, 5.41) is 3.13. The van der Waals surface area contributed by atoms with Gasteiger partial charge in [0.1, 0.15) is 0 Å². The van der Waals surface area contributed by atoms with Crippen molar-refractivity contribution >= 4 is 23.1 Å². The van der Waals surface area contributed by atoms with E-state index in [-0.39, 0.29) is 23.5 Å². The fourth-order valence-corrected chi connectivity index (χ4v) is 3.32. The Morgan fingerprint density at radius 1 is 1.40 bits per heavy atom. The summed E-state index contributed by atoms with van der Waals surface area (Å²) in [5.74, 6) is -0.0389.